The molecule has 0 saturated carbocycles. The SMILES string of the molecule is CN1C[C@H](O)C[C@H](C(O)(c2cccs2)c2cccs2)C1. The lowest BCUT2D eigenvalue weighted by Gasteiger charge is -2.42. The van der Waals surface area contributed by atoms with E-state index in [0.29, 0.717) is 13.0 Å². The molecule has 1 aliphatic heterocycles. The van der Waals surface area contributed by atoms with E-state index in [-0.39, 0.29) is 12.0 Å². The Morgan fingerprint density at radius 2 is 1.75 bits per heavy atom. The summed E-state index contributed by atoms with van der Waals surface area (Å²) in [6.45, 7) is 1.48. The molecule has 3 rings (SSSR count). The van der Waals surface area contributed by atoms with Crippen molar-refractivity contribution in [1.29, 1.82) is 0 Å². The van der Waals surface area contributed by atoms with Gasteiger partial charge in [-0.2, -0.15) is 0 Å². The fourth-order valence-electron chi connectivity index (χ4n) is 3.11. The van der Waals surface area contributed by atoms with E-state index in [0.717, 1.165) is 16.3 Å². The molecule has 2 N–H and O–H groups in total. The molecular formula is C15H19NO2S2. The third-order valence-corrected chi connectivity index (χ3v) is 5.98. The molecule has 0 spiro atoms. The average molecular weight is 309 g/mol. The summed E-state index contributed by atoms with van der Waals surface area (Å²) in [6, 6.07) is 7.93. The highest BCUT2D eigenvalue weighted by atomic mass is 32.1. The van der Waals surface area contributed by atoms with Crippen LogP contribution in [0.2, 0.25) is 0 Å². The fourth-order valence-corrected chi connectivity index (χ4v) is 5.00. The molecule has 1 saturated heterocycles. The molecule has 0 aromatic carbocycles. The Bertz CT molecular complexity index is 494. The number of thiophene rings is 2. The minimum atomic E-state index is -0.988. The summed E-state index contributed by atoms with van der Waals surface area (Å²) >= 11 is 3.16. The van der Waals surface area contributed by atoms with Crippen molar-refractivity contribution in [2.75, 3.05) is 20.1 Å². The van der Waals surface area contributed by atoms with E-state index < -0.39 is 5.60 Å². The molecule has 2 aromatic heterocycles. The molecule has 3 heterocycles. The third-order valence-electron chi connectivity index (χ3n) is 4.00. The number of rotatable bonds is 3. The smallest absolute Gasteiger partial charge is 0.137 e. The van der Waals surface area contributed by atoms with E-state index in [1.165, 1.54) is 0 Å². The van der Waals surface area contributed by atoms with Crippen molar-refractivity contribution >= 4 is 22.7 Å². The highest BCUT2D eigenvalue weighted by molar-refractivity contribution is 7.11. The number of β-amino-alcohol motifs (C(OH)–C–C–N with tert-alkyl or cyclic N) is 1. The van der Waals surface area contributed by atoms with Crippen molar-refractivity contribution < 1.29 is 10.2 Å². The molecule has 1 fully saturated rings. The summed E-state index contributed by atoms with van der Waals surface area (Å²) in [4.78, 5) is 4.03. The van der Waals surface area contributed by atoms with Crippen molar-refractivity contribution in [2.24, 2.45) is 5.92 Å². The standard InChI is InChI=1S/C15H19NO2S2/c1-16-9-11(8-12(17)10-16)15(18,13-4-2-6-19-13)14-5-3-7-20-14/h2-7,11-12,17-18H,8-10H2,1H3/t11-,12+/m0/s1. The van der Waals surface area contributed by atoms with Gasteiger partial charge >= 0.3 is 0 Å². The van der Waals surface area contributed by atoms with Gasteiger partial charge in [-0.25, -0.2) is 0 Å². The molecule has 20 heavy (non-hydrogen) atoms. The molecule has 2 aromatic rings. The van der Waals surface area contributed by atoms with Crippen LogP contribution in [0.5, 0.6) is 0 Å². The molecule has 0 unspecified atom stereocenters. The molecule has 0 radical (unpaired) electrons. The van der Waals surface area contributed by atoms with Crippen molar-refractivity contribution in [3.05, 3.63) is 44.8 Å². The molecule has 108 valence electrons. The molecule has 1 aliphatic rings. The van der Waals surface area contributed by atoms with Crippen LogP contribution < -0.4 is 0 Å². The molecule has 2 atom stereocenters. The quantitative estimate of drug-likeness (QED) is 0.915. The molecule has 5 heteroatoms. The topological polar surface area (TPSA) is 43.7 Å². The largest absolute Gasteiger partial charge is 0.392 e. The van der Waals surface area contributed by atoms with Crippen LogP contribution in [0.1, 0.15) is 16.2 Å². The molecule has 0 bridgehead atoms. The van der Waals surface area contributed by atoms with Crippen molar-refractivity contribution in [2.45, 2.75) is 18.1 Å². The Balaban J connectivity index is 2.02. The number of likely N-dealkylation sites (N-methyl/N-ethyl adjacent to an activating group) is 1. The number of aliphatic hydroxyl groups is 2. The van der Waals surface area contributed by atoms with Crippen molar-refractivity contribution in [1.82, 2.24) is 4.90 Å². The number of piperidine rings is 1. The zero-order valence-corrected chi connectivity index (χ0v) is 13.0. The first-order valence-corrected chi connectivity index (χ1v) is 8.53. The lowest BCUT2D eigenvalue weighted by Crippen LogP contribution is -2.49. The third kappa shape index (κ3) is 2.44. The first-order chi connectivity index (χ1) is 9.60. The van der Waals surface area contributed by atoms with E-state index in [1.807, 2.05) is 42.1 Å². The Morgan fingerprint density at radius 1 is 1.15 bits per heavy atom. The number of hydrogen-bond donors (Lipinski definition) is 2. The fraction of sp³-hybridized carbons (Fsp3) is 0.467. The van der Waals surface area contributed by atoms with Gasteiger partial charge in [0.2, 0.25) is 0 Å². The summed E-state index contributed by atoms with van der Waals surface area (Å²) in [5.41, 5.74) is -0.988. The molecule has 3 nitrogen and oxygen atoms in total. The van der Waals surface area contributed by atoms with Crippen LogP contribution in [0.25, 0.3) is 0 Å². The van der Waals surface area contributed by atoms with Crippen LogP contribution in [0, 0.1) is 5.92 Å². The Hall–Kier alpha value is -0.720. The van der Waals surface area contributed by atoms with Gasteiger partial charge in [-0.05, 0) is 36.4 Å². The number of hydrogen-bond acceptors (Lipinski definition) is 5. The van der Waals surface area contributed by atoms with Gasteiger partial charge in [-0.3, -0.25) is 0 Å². The van der Waals surface area contributed by atoms with Crippen molar-refractivity contribution in [3.63, 3.8) is 0 Å². The normalized spacial score (nSPS) is 24.9. The zero-order valence-electron chi connectivity index (χ0n) is 11.4. The predicted molar refractivity (Wildman–Crippen MR) is 83.2 cm³/mol. The van der Waals surface area contributed by atoms with Gasteiger partial charge in [-0.15, -0.1) is 22.7 Å². The maximum atomic E-state index is 11.5. The molecule has 0 aliphatic carbocycles. The van der Waals surface area contributed by atoms with Gasteiger partial charge in [0.15, 0.2) is 0 Å². The van der Waals surface area contributed by atoms with Gasteiger partial charge in [0.1, 0.15) is 5.60 Å². The number of nitrogens with zero attached hydrogens (tertiary/aromatic N) is 1. The van der Waals surface area contributed by atoms with Crippen LogP contribution in [-0.4, -0.2) is 41.4 Å². The Morgan fingerprint density at radius 3 is 2.20 bits per heavy atom. The van der Waals surface area contributed by atoms with Gasteiger partial charge < -0.3 is 15.1 Å². The summed E-state index contributed by atoms with van der Waals surface area (Å²) in [5.74, 6) is 0.00792. The second-order valence-corrected chi connectivity index (χ2v) is 7.42. The van der Waals surface area contributed by atoms with Crippen LogP contribution in [0.15, 0.2) is 35.0 Å². The van der Waals surface area contributed by atoms with Crippen LogP contribution in [0.3, 0.4) is 0 Å². The van der Waals surface area contributed by atoms with Gasteiger partial charge in [0, 0.05) is 28.8 Å². The van der Waals surface area contributed by atoms with Crippen LogP contribution >= 0.6 is 22.7 Å². The van der Waals surface area contributed by atoms with Crippen molar-refractivity contribution in [3.8, 4) is 0 Å². The minimum absolute atomic E-state index is 0.00792. The van der Waals surface area contributed by atoms with E-state index >= 15 is 0 Å². The van der Waals surface area contributed by atoms with Crippen LogP contribution in [-0.2, 0) is 5.60 Å². The summed E-state index contributed by atoms with van der Waals surface area (Å²) in [5, 5.41) is 25.5. The van der Waals surface area contributed by atoms with E-state index in [2.05, 4.69) is 4.90 Å². The summed E-state index contributed by atoms with van der Waals surface area (Å²) in [7, 11) is 2.00. The van der Waals surface area contributed by atoms with Crippen LogP contribution in [0.4, 0.5) is 0 Å². The lowest BCUT2D eigenvalue weighted by molar-refractivity contribution is -0.0468. The molecule has 0 amide bonds. The van der Waals surface area contributed by atoms with Gasteiger partial charge in [0.05, 0.1) is 6.10 Å². The highest BCUT2D eigenvalue weighted by Gasteiger charge is 2.44. The number of likely N-dealkylation sites (tertiary alicyclic amines) is 1. The summed E-state index contributed by atoms with van der Waals surface area (Å²) in [6.07, 6.45) is 0.265. The minimum Gasteiger partial charge on any atom is -0.392 e. The average Bonchev–Trinajstić information content (AvgIpc) is 3.10. The maximum absolute atomic E-state index is 11.5. The van der Waals surface area contributed by atoms with E-state index in [9.17, 15) is 10.2 Å². The maximum Gasteiger partial charge on any atom is 0.137 e. The van der Waals surface area contributed by atoms with E-state index in [1.54, 1.807) is 22.7 Å². The Labute approximate surface area is 127 Å². The van der Waals surface area contributed by atoms with Gasteiger partial charge in [-0.1, -0.05) is 12.1 Å². The predicted octanol–water partition coefficient (Wildman–Crippen LogP) is 2.36. The monoisotopic (exact) mass is 309 g/mol. The van der Waals surface area contributed by atoms with Gasteiger partial charge in [0.25, 0.3) is 0 Å². The zero-order chi connectivity index (χ0) is 14.2. The lowest BCUT2D eigenvalue weighted by atomic mass is 9.78. The first-order valence-electron chi connectivity index (χ1n) is 6.77. The molecular weight excluding hydrogens is 290 g/mol. The second kappa shape index (κ2) is 5.58. The first kappa shape index (κ1) is 14.2. The second-order valence-electron chi connectivity index (χ2n) is 5.53. The summed E-state index contributed by atoms with van der Waals surface area (Å²) < 4.78 is 0. The number of aliphatic hydroxyl groups excluding tert-OH is 1. The Kier molecular flexibility index (Phi) is 3.97. The highest BCUT2D eigenvalue weighted by Crippen LogP contribution is 2.44. The van der Waals surface area contributed by atoms with E-state index in [4.69, 9.17) is 0 Å².